The van der Waals surface area contributed by atoms with Crippen LogP contribution in [0.15, 0.2) is 36.8 Å². The number of amides is 1. The first-order valence-electron chi connectivity index (χ1n) is 6.03. The number of aromatic nitrogens is 3. The van der Waals surface area contributed by atoms with Gasteiger partial charge in [0.25, 0.3) is 5.91 Å². The highest BCUT2D eigenvalue weighted by Crippen LogP contribution is 2.06. The van der Waals surface area contributed by atoms with Crippen LogP contribution in [0.5, 0.6) is 0 Å². The molecule has 2 aromatic rings. The number of anilines is 1. The molecule has 100 valence electrons. The van der Waals surface area contributed by atoms with Crippen molar-refractivity contribution in [2.45, 2.75) is 13.0 Å². The zero-order valence-electron chi connectivity index (χ0n) is 10.7. The van der Waals surface area contributed by atoms with Gasteiger partial charge in [-0.25, -0.2) is 0 Å². The largest absolute Gasteiger partial charge is 0.385 e. The van der Waals surface area contributed by atoms with Gasteiger partial charge in [0.15, 0.2) is 5.82 Å². The highest BCUT2D eigenvalue weighted by Gasteiger charge is 2.07. The average Bonchev–Trinajstić information content (AvgIpc) is 2.88. The third kappa shape index (κ3) is 3.89. The van der Waals surface area contributed by atoms with Gasteiger partial charge in [-0.1, -0.05) is 0 Å². The lowest BCUT2D eigenvalue weighted by molar-refractivity contribution is 0.102. The van der Waals surface area contributed by atoms with Crippen LogP contribution in [0.4, 0.5) is 5.82 Å². The maximum atomic E-state index is 11.9. The molecule has 0 saturated heterocycles. The summed E-state index contributed by atoms with van der Waals surface area (Å²) in [4.78, 5) is 15.8. The molecule has 0 bridgehead atoms. The van der Waals surface area contributed by atoms with E-state index in [4.69, 9.17) is 4.74 Å². The molecule has 2 heterocycles. The molecule has 19 heavy (non-hydrogen) atoms. The van der Waals surface area contributed by atoms with Crippen molar-refractivity contribution in [2.24, 2.45) is 0 Å². The monoisotopic (exact) mass is 260 g/mol. The number of rotatable bonds is 6. The fourth-order valence-electron chi connectivity index (χ4n) is 1.61. The lowest BCUT2D eigenvalue weighted by Gasteiger charge is -2.02. The fourth-order valence-corrected chi connectivity index (χ4v) is 1.61. The van der Waals surface area contributed by atoms with Crippen molar-refractivity contribution in [3.05, 3.63) is 42.4 Å². The molecule has 0 aliphatic heterocycles. The second-order valence-corrected chi connectivity index (χ2v) is 4.01. The standard InChI is InChI=1S/C13H16N4O2/c1-19-9-3-7-17-8-5-12(16-17)15-13(18)11-4-2-6-14-10-11/h2,4-6,8,10H,3,7,9H2,1H3,(H,15,16,18). The predicted octanol–water partition coefficient (Wildman–Crippen LogP) is 1.57. The summed E-state index contributed by atoms with van der Waals surface area (Å²) < 4.78 is 6.75. The number of nitrogens with zero attached hydrogens (tertiary/aromatic N) is 3. The van der Waals surface area contributed by atoms with Crippen LogP contribution in [-0.4, -0.2) is 34.4 Å². The number of methoxy groups -OCH3 is 1. The molecular formula is C13H16N4O2. The molecule has 2 rings (SSSR count). The van der Waals surface area contributed by atoms with E-state index in [1.807, 2.05) is 6.20 Å². The molecule has 0 spiro atoms. The Bertz CT molecular complexity index is 524. The van der Waals surface area contributed by atoms with E-state index in [-0.39, 0.29) is 5.91 Å². The summed E-state index contributed by atoms with van der Waals surface area (Å²) in [6, 6.07) is 5.19. The Morgan fingerprint density at radius 1 is 1.47 bits per heavy atom. The predicted molar refractivity (Wildman–Crippen MR) is 70.9 cm³/mol. The second kappa shape index (κ2) is 6.65. The summed E-state index contributed by atoms with van der Waals surface area (Å²) in [5, 5.41) is 6.98. The van der Waals surface area contributed by atoms with Crippen molar-refractivity contribution in [2.75, 3.05) is 19.0 Å². The molecule has 0 unspecified atom stereocenters. The second-order valence-electron chi connectivity index (χ2n) is 4.01. The van der Waals surface area contributed by atoms with Crippen LogP contribution in [0.25, 0.3) is 0 Å². The van der Waals surface area contributed by atoms with E-state index in [0.717, 1.165) is 13.0 Å². The van der Waals surface area contributed by atoms with Crippen LogP contribution in [0, 0.1) is 0 Å². The number of carbonyl (C=O) groups is 1. The van der Waals surface area contributed by atoms with Crippen molar-refractivity contribution < 1.29 is 9.53 Å². The Kier molecular flexibility index (Phi) is 4.63. The van der Waals surface area contributed by atoms with Crippen molar-refractivity contribution in [3.8, 4) is 0 Å². The van der Waals surface area contributed by atoms with E-state index >= 15 is 0 Å². The topological polar surface area (TPSA) is 69.0 Å². The Balaban J connectivity index is 1.91. The number of ether oxygens (including phenoxy) is 1. The third-order valence-electron chi connectivity index (χ3n) is 2.54. The minimum absolute atomic E-state index is 0.213. The van der Waals surface area contributed by atoms with Crippen molar-refractivity contribution in [1.82, 2.24) is 14.8 Å². The first-order valence-corrected chi connectivity index (χ1v) is 6.03. The van der Waals surface area contributed by atoms with E-state index < -0.39 is 0 Å². The van der Waals surface area contributed by atoms with Crippen LogP contribution in [-0.2, 0) is 11.3 Å². The van der Waals surface area contributed by atoms with Gasteiger partial charge in [0, 0.05) is 44.9 Å². The number of carbonyl (C=O) groups excluding carboxylic acids is 1. The molecule has 0 saturated carbocycles. The molecule has 0 atom stereocenters. The molecule has 0 fully saturated rings. The number of hydrogen-bond acceptors (Lipinski definition) is 4. The first-order chi connectivity index (χ1) is 9.29. The van der Waals surface area contributed by atoms with Gasteiger partial charge >= 0.3 is 0 Å². The summed E-state index contributed by atoms with van der Waals surface area (Å²) in [7, 11) is 1.67. The molecular weight excluding hydrogens is 244 g/mol. The molecule has 6 nitrogen and oxygen atoms in total. The van der Waals surface area contributed by atoms with Crippen molar-refractivity contribution in [1.29, 1.82) is 0 Å². The smallest absolute Gasteiger partial charge is 0.258 e. The highest BCUT2D eigenvalue weighted by atomic mass is 16.5. The van der Waals surface area contributed by atoms with Gasteiger partial charge in [-0.15, -0.1) is 0 Å². The number of pyridine rings is 1. The third-order valence-corrected chi connectivity index (χ3v) is 2.54. The van der Waals surface area contributed by atoms with Crippen LogP contribution in [0.3, 0.4) is 0 Å². The van der Waals surface area contributed by atoms with E-state index in [9.17, 15) is 4.79 Å². The number of hydrogen-bond donors (Lipinski definition) is 1. The molecule has 0 radical (unpaired) electrons. The van der Waals surface area contributed by atoms with E-state index in [2.05, 4.69) is 15.4 Å². The fraction of sp³-hybridized carbons (Fsp3) is 0.308. The zero-order chi connectivity index (χ0) is 13.5. The molecule has 6 heteroatoms. The van der Waals surface area contributed by atoms with Crippen LogP contribution >= 0.6 is 0 Å². The Morgan fingerprint density at radius 2 is 2.37 bits per heavy atom. The lowest BCUT2D eigenvalue weighted by Crippen LogP contribution is -2.13. The first kappa shape index (κ1) is 13.2. The lowest BCUT2D eigenvalue weighted by atomic mass is 10.3. The van der Waals surface area contributed by atoms with Gasteiger partial charge in [0.05, 0.1) is 5.56 Å². The van der Waals surface area contributed by atoms with E-state index in [1.54, 1.807) is 36.2 Å². The van der Waals surface area contributed by atoms with Gasteiger partial charge in [-0.2, -0.15) is 5.10 Å². The maximum absolute atomic E-state index is 11.9. The normalized spacial score (nSPS) is 10.4. The van der Waals surface area contributed by atoms with E-state index in [1.165, 1.54) is 6.20 Å². The zero-order valence-corrected chi connectivity index (χ0v) is 10.7. The highest BCUT2D eigenvalue weighted by molar-refractivity contribution is 6.03. The van der Waals surface area contributed by atoms with Crippen LogP contribution in [0.2, 0.25) is 0 Å². The molecule has 1 amide bonds. The quantitative estimate of drug-likeness (QED) is 0.800. The maximum Gasteiger partial charge on any atom is 0.258 e. The van der Waals surface area contributed by atoms with Crippen molar-refractivity contribution >= 4 is 11.7 Å². The summed E-state index contributed by atoms with van der Waals surface area (Å²) in [6.07, 6.45) is 5.86. The van der Waals surface area contributed by atoms with Crippen LogP contribution in [0.1, 0.15) is 16.8 Å². The number of aryl methyl sites for hydroxylation is 1. The molecule has 1 N–H and O–H groups in total. The average molecular weight is 260 g/mol. The van der Waals surface area contributed by atoms with Gasteiger partial charge in [0.1, 0.15) is 0 Å². The minimum Gasteiger partial charge on any atom is -0.385 e. The van der Waals surface area contributed by atoms with Gasteiger partial charge in [0.2, 0.25) is 0 Å². The summed E-state index contributed by atoms with van der Waals surface area (Å²) >= 11 is 0. The van der Waals surface area contributed by atoms with Gasteiger partial charge in [-0.05, 0) is 18.6 Å². The Morgan fingerprint density at radius 3 is 3.11 bits per heavy atom. The molecule has 0 aliphatic carbocycles. The summed E-state index contributed by atoms with van der Waals surface area (Å²) in [6.45, 7) is 1.45. The molecule has 0 aromatic carbocycles. The summed E-state index contributed by atoms with van der Waals surface area (Å²) in [5.41, 5.74) is 0.511. The van der Waals surface area contributed by atoms with Gasteiger partial charge < -0.3 is 10.1 Å². The SMILES string of the molecule is COCCCn1ccc(NC(=O)c2cccnc2)n1. The molecule has 0 aliphatic rings. The molecule has 2 aromatic heterocycles. The Hall–Kier alpha value is -2.21. The summed E-state index contributed by atoms with van der Waals surface area (Å²) in [5.74, 6) is 0.321. The minimum atomic E-state index is -0.213. The van der Waals surface area contributed by atoms with Crippen molar-refractivity contribution in [3.63, 3.8) is 0 Å². The Labute approximate surface area is 111 Å². The number of nitrogens with one attached hydrogen (secondary N) is 1. The van der Waals surface area contributed by atoms with Gasteiger partial charge in [-0.3, -0.25) is 14.5 Å². The van der Waals surface area contributed by atoms with E-state index in [0.29, 0.717) is 18.0 Å². The van der Waals surface area contributed by atoms with Crippen LogP contribution < -0.4 is 5.32 Å².